The second-order valence-electron chi connectivity index (χ2n) is 6.34. The highest BCUT2D eigenvalue weighted by atomic mass is 32.1. The van der Waals surface area contributed by atoms with Crippen LogP contribution in [0.1, 0.15) is 10.4 Å². The lowest BCUT2D eigenvalue weighted by Gasteiger charge is -2.24. The molecule has 0 atom stereocenters. The van der Waals surface area contributed by atoms with Gasteiger partial charge in [-0.1, -0.05) is 0 Å². The number of methoxy groups -OCH3 is 1. The Morgan fingerprint density at radius 3 is 3.14 bits per heavy atom. The lowest BCUT2D eigenvalue weighted by Crippen LogP contribution is -2.34. The zero-order valence-corrected chi connectivity index (χ0v) is 15.6. The number of nitrogens with one attached hydrogen (secondary N) is 2. The maximum atomic E-state index is 11.3. The Morgan fingerprint density at radius 1 is 1.43 bits per heavy atom. The number of nitrogens with zero attached hydrogens (tertiary/aromatic N) is 5. The molecule has 10 nitrogen and oxygen atoms in total. The van der Waals surface area contributed by atoms with Gasteiger partial charge < -0.3 is 20.1 Å². The number of carbonyl (C=O) groups is 1. The van der Waals surface area contributed by atoms with Crippen molar-refractivity contribution >= 4 is 50.2 Å². The number of anilines is 2. The van der Waals surface area contributed by atoms with Crippen LogP contribution in [0.15, 0.2) is 18.6 Å². The summed E-state index contributed by atoms with van der Waals surface area (Å²) >= 11 is 1.50. The number of carboxylic acid groups (broad SMARTS) is 1. The average Bonchev–Trinajstić information content (AvgIpc) is 3.30. The first kappa shape index (κ1) is 16.7. The molecule has 142 valence electrons. The first-order chi connectivity index (χ1) is 13.6. The van der Waals surface area contributed by atoms with E-state index in [2.05, 4.69) is 30.5 Å². The largest absolute Gasteiger partial charge is 0.479 e. The summed E-state index contributed by atoms with van der Waals surface area (Å²) in [5.41, 5.74) is 2.40. The van der Waals surface area contributed by atoms with Gasteiger partial charge in [-0.25, -0.2) is 14.8 Å². The molecule has 0 aromatic carbocycles. The van der Waals surface area contributed by atoms with Crippen LogP contribution in [0.2, 0.25) is 0 Å². The number of aromatic amines is 1. The van der Waals surface area contributed by atoms with Crippen LogP contribution < -0.4 is 10.1 Å². The highest BCUT2D eigenvalue weighted by Gasteiger charge is 2.26. The van der Waals surface area contributed by atoms with Crippen LogP contribution in [0.3, 0.4) is 0 Å². The molecule has 4 aromatic rings. The number of rotatable bonds is 3. The molecule has 11 heteroatoms. The fourth-order valence-electron chi connectivity index (χ4n) is 3.42. The van der Waals surface area contributed by atoms with Crippen LogP contribution in [-0.2, 0) is 13.0 Å². The van der Waals surface area contributed by atoms with E-state index in [9.17, 15) is 9.90 Å². The van der Waals surface area contributed by atoms with Crippen molar-refractivity contribution in [1.82, 2.24) is 30.0 Å². The Bertz CT molecular complexity index is 1220. The van der Waals surface area contributed by atoms with Crippen molar-refractivity contribution in [2.75, 3.05) is 19.0 Å². The fourth-order valence-corrected chi connectivity index (χ4v) is 4.62. The summed E-state index contributed by atoms with van der Waals surface area (Å²) in [7, 11) is 1.55. The number of fused-ring (bicyclic) bond motifs is 4. The van der Waals surface area contributed by atoms with E-state index in [0.717, 1.165) is 26.0 Å². The summed E-state index contributed by atoms with van der Waals surface area (Å²) in [6.45, 7) is 0.825. The monoisotopic (exact) mass is 397 g/mol. The number of thiophene rings is 1. The van der Waals surface area contributed by atoms with Gasteiger partial charge in [-0.15, -0.1) is 11.3 Å². The molecule has 4 aromatic heterocycles. The van der Waals surface area contributed by atoms with Gasteiger partial charge in [-0.3, -0.25) is 5.10 Å². The van der Waals surface area contributed by atoms with Crippen LogP contribution in [0.5, 0.6) is 5.88 Å². The van der Waals surface area contributed by atoms with Crippen LogP contribution in [0.4, 0.5) is 16.3 Å². The third-order valence-electron chi connectivity index (χ3n) is 4.74. The third-order valence-corrected chi connectivity index (χ3v) is 5.87. The number of aromatic nitrogens is 5. The zero-order valence-electron chi connectivity index (χ0n) is 14.8. The molecule has 0 unspecified atom stereocenters. The zero-order chi connectivity index (χ0) is 19.3. The number of pyridine rings is 1. The van der Waals surface area contributed by atoms with Gasteiger partial charge in [-0.05, 0) is 18.1 Å². The highest BCUT2D eigenvalue weighted by Crippen LogP contribution is 2.39. The van der Waals surface area contributed by atoms with E-state index in [1.54, 1.807) is 13.3 Å². The van der Waals surface area contributed by atoms with Crippen LogP contribution >= 0.6 is 11.3 Å². The average molecular weight is 397 g/mol. The number of amides is 1. The van der Waals surface area contributed by atoms with Gasteiger partial charge in [0.05, 0.1) is 25.2 Å². The van der Waals surface area contributed by atoms with E-state index in [4.69, 9.17) is 4.74 Å². The number of hydrogen-bond acceptors (Lipinski definition) is 8. The van der Waals surface area contributed by atoms with E-state index in [0.29, 0.717) is 42.5 Å². The van der Waals surface area contributed by atoms with Crippen molar-refractivity contribution in [2.24, 2.45) is 0 Å². The van der Waals surface area contributed by atoms with Crippen LogP contribution in [0.25, 0.3) is 21.3 Å². The second-order valence-corrected chi connectivity index (χ2v) is 7.42. The van der Waals surface area contributed by atoms with E-state index in [-0.39, 0.29) is 0 Å². The van der Waals surface area contributed by atoms with E-state index >= 15 is 0 Å². The Morgan fingerprint density at radius 2 is 2.32 bits per heavy atom. The minimum absolute atomic E-state index is 0.372. The van der Waals surface area contributed by atoms with Crippen molar-refractivity contribution in [3.05, 3.63) is 29.0 Å². The predicted molar refractivity (Wildman–Crippen MR) is 103 cm³/mol. The lowest BCUT2D eigenvalue weighted by molar-refractivity contribution is 0.140. The van der Waals surface area contributed by atoms with Gasteiger partial charge in [-0.2, -0.15) is 10.1 Å². The Kier molecular flexibility index (Phi) is 3.76. The summed E-state index contributed by atoms with van der Waals surface area (Å²) < 4.78 is 5.41. The fraction of sp³-hybridized carbons (Fsp3) is 0.235. The van der Waals surface area contributed by atoms with E-state index < -0.39 is 6.09 Å². The molecule has 0 spiro atoms. The molecule has 1 amide bonds. The smallest absolute Gasteiger partial charge is 0.407 e. The van der Waals surface area contributed by atoms with Gasteiger partial charge in [0.25, 0.3) is 0 Å². The van der Waals surface area contributed by atoms with Gasteiger partial charge in [0.15, 0.2) is 5.65 Å². The Hall–Kier alpha value is -3.47. The summed E-state index contributed by atoms with van der Waals surface area (Å²) in [6.07, 6.45) is 2.91. The SMILES string of the molecule is COc1nc2[nH]ncc2cc1Nc1ncnc2sc3c(c12)CCN(C(=O)O)C3. The molecular weight excluding hydrogens is 382 g/mol. The maximum Gasteiger partial charge on any atom is 0.407 e. The Labute approximate surface area is 162 Å². The Balaban J connectivity index is 1.60. The quantitative estimate of drug-likeness (QED) is 0.481. The van der Waals surface area contributed by atoms with Crippen molar-refractivity contribution in [3.8, 4) is 5.88 Å². The normalized spacial score (nSPS) is 13.7. The van der Waals surface area contributed by atoms with Gasteiger partial charge in [0.2, 0.25) is 5.88 Å². The number of H-pyrrole nitrogens is 1. The molecule has 28 heavy (non-hydrogen) atoms. The summed E-state index contributed by atoms with van der Waals surface area (Å²) in [6, 6.07) is 1.89. The molecule has 1 aliphatic rings. The minimum Gasteiger partial charge on any atom is -0.479 e. The van der Waals surface area contributed by atoms with Crippen molar-refractivity contribution in [1.29, 1.82) is 0 Å². The molecule has 0 bridgehead atoms. The van der Waals surface area contributed by atoms with Crippen molar-refractivity contribution in [3.63, 3.8) is 0 Å². The summed E-state index contributed by atoms with van der Waals surface area (Å²) in [5.74, 6) is 1.07. The molecule has 0 radical (unpaired) electrons. The van der Waals surface area contributed by atoms with Crippen molar-refractivity contribution < 1.29 is 14.6 Å². The molecule has 1 aliphatic heterocycles. The molecular formula is C17H15N7O3S. The molecule has 0 saturated carbocycles. The highest BCUT2D eigenvalue weighted by molar-refractivity contribution is 7.19. The third kappa shape index (κ3) is 2.59. The molecule has 0 aliphatic carbocycles. The minimum atomic E-state index is -0.906. The van der Waals surface area contributed by atoms with Crippen LogP contribution in [-0.4, -0.2) is 54.9 Å². The number of hydrogen-bond donors (Lipinski definition) is 3. The number of ether oxygens (including phenoxy) is 1. The molecule has 5 heterocycles. The standard InChI is InChI=1S/C17H15N7O3S/c1-27-15-10(4-8-5-20-23-13(8)22-15)21-14-12-9-2-3-24(17(25)26)6-11(9)28-16(12)19-7-18-14/h4-5,7H,2-3,6H2,1H3,(H,25,26)(H,18,19,21)(H,20,22,23). The van der Waals surface area contributed by atoms with Crippen molar-refractivity contribution in [2.45, 2.75) is 13.0 Å². The topological polar surface area (TPSA) is 129 Å². The van der Waals surface area contributed by atoms with Gasteiger partial charge in [0.1, 0.15) is 22.7 Å². The second kappa shape index (κ2) is 6.30. The van der Waals surface area contributed by atoms with Gasteiger partial charge in [0, 0.05) is 16.8 Å². The van der Waals surface area contributed by atoms with Gasteiger partial charge >= 0.3 is 6.09 Å². The first-order valence-corrected chi connectivity index (χ1v) is 9.34. The summed E-state index contributed by atoms with van der Waals surface area (Å²) in [4.78, 5) is 27.8. The maximum absolute atomic E-state index is 11.3. The molecule has 5 rings (SSSR count). The van der Waals surface area contributed by atoms with E-state index in [1.165, 1.54) is 22.6 Å². The summed E-state index contributed by atoms with van der Waals surface area (Å²) in [5, 5.41) is 21.2. The molecule has 3 N–H and O–H groups in total. The lowest BCUT2D eigenvalue weighted by atomic mass is 10.1. The van der Waals surface area contributed by atoms with Crippen LogP contribution in [0, 0.1) is 0 Å². The first-order valence-electron chi connectivity index (χ1n) is 8.52. The molecule has 0 saturated heterocycles. The van der Waals surface area contributed by atoms with E-state index in [1.807, 2.05) is 6.07 Å². The molecule has 0 fully saturated rings. The predicted octanol–water partition coefficient (Wildman–Crippen LogP) is 2.75.